The smallest absolute Gasteiger partial charge is 0.164 e. The van der Waals surface area contributed by atoms with Gasteiger partial charge < -0.3 is 0 Å². The van der Waals surface area contributed by atoms with Crippen LogP contribution in [0.15, 0.2) is 200 Å². The Morgan fingerprint density at radius 1 is 0.315 bits per heavy atom. The SMILES string of the molecule is c1ccc(Cc2ccccc2-c2ccc3cc(-c4nc(-c5ccccc5)nc(-c5ccc(-c6ccccc6)cc5)n4)ccc3c2Cc2ccccc2)cc1. The lowest BCUT2D eigenvalue weighted by Gasteiger charge is -2.18. The van der Waals surface area contributed by atoms with Crippen molar-refractivity contribution in [1.29, 1.82) is 0 Å². The first-order valence-electron chi connectivity index (χ1n) is 18.4. The third-order valence-electron chi connectivity index (χ3n) is 10.1. The molecule has 0 saturated carbocycles. The summed E-state index contributed by atoms with van der Waals surface area (Å²) >= 11 is 0. The van der Waals surface area contributed by atoms with Gasteiger partial charge in [-0.3, -0.25) is 0 Å². The molecule has 9 rings (SSSR count). The minimum atomic E-state index is 0.647. The molecule has 54 heavy (non-hydrogen) atoms. The highest BCUT2D eigenvalue weighted by atomic mass is 15.0. The molecule has 0 spiro atoms. The van der Waals surface area contributed by atoms with Crippen molar-refractivity contribution in [2.45, 2.75) is 12.8 Å². The van der Waals surface area contributed by atoms with Crippen LogP contribution < -0.4 is 0 Å². The average Bonchev–Trinajstić information content (AvgIpc) is 3.25. The number of hydrogen-bond acceptors (Lipinski definition) is 3. The van der Waals surface area contributed by atoms with E-state index in [2.05, 4.69) is 176 Å². The van der Waals surface area contributed by atoms with E-state index in [0.29, 0.717) is 17.5 Å². The summed E-state index contributed by atoms with van der Waals surface area (Å²) in [5, 5.41) is 2.38. The summed E-state index contributed by atoms with van der Waals surface area (Å²) in [5.41, 5.74) is 12.9. The van der Waals surface area contributed by atoms with Gasteiger partial charge in [-0.1, -0.05) is 194 Å². The molecule has 1 heterocycles. The van der Waals surface area contributed by atoms with Crippen LogP contribution in [-0.4, -0.2) is 15.0 Å². The fraction of sp³-hybridized carbons (Fsp3) is 0.0392. The summed E-state index contributed by atoms with van der Waals surface area (Å²) < 4.78 is 0. The van der Waals surface area contributed by atoms with Gasteiger partial charge in [-0.2, -0.15) is 0 Å². The van der Waals surface area contributed by atoms with Crippen LogP contribution in [0.1, 0.15) is 22.3 Å². The van der Waals surface area contributed by atoms with Crippen molar-refractivity contribution >= 4 is 10.8 Å². The Morgan fingerprint density at radius 3 is 1.43 bits per heavy atom. The summed E-state index contributed by atoms with van der Waals surface area (Å²) in [4.78, 5) is 15.1. The van der Waals surface area contributed by atoms with Crippen LogP contribution in [-0.2, 0) is 12.8 Å². The van der Waals surface area contributed by atoms with Gasteiger partial charge in [0, 0.05) is 16.7 Å². The Labute approximate surface area is 316 Å². The molecule has 0 aliphatic rings. The Bertz CT molecular complexity index is 2670. The van der Waals surface area contributed by atoms with Crippen LogP contribution in [0, 0.1) is 0 Å². The van der Waals surface area contributed by atoms with Crippen molar-refractivity contribution < 1.29 is 0 Å². The van der Waals surface area contributed by atoms with E-state index in [1.807, 2.05) is 24.3 Å². The molecule has 1 aromatic heterocycles. The standard InChI is InChI=1S/C51H37N3/c1-5-15-36(16-6-1)33-42-23-13-14-24-45(42)47-32-29-43-35-44(30-31-46(43)48(47)34-37-17-7-2-8-18-37)51-53-49(40-21-11-4-12-22-40)52-50(54-51)41-27-25-39(26-28-41)38-19-9-3-10-20-38/h1-32,35H,33-34H2. The molecule has 8 aromatic carbocycles. The molecule has 0 bridgehead atoms. The molecule has 3 heteroatoms. The molecule has 3 nitrogen and oxygen atoms in total. The van der Waals surface area contributed by atoms with Gasteiger partial charge in [-0.05, 0) is 74.2 Å². The van der Waals surface area contributed by atoms with Crippen molar-refractivity contribution in [2.24, 2.45) is 0 Å². The van der Waals surface area contributed by atoms with E-state index in [1.54, 1.807) is 0 Å². The molecule has 0 aliphatic heterocycles. The van der Waals surface area contributed by atoms with Gasteiger partial charge in [0.05, 0.1) is 0 Å². The van der Waals surface area contributed by atoms with Gasteiger partial charge in [0.15, 0.2) is 17.5 Å². The number of benzene rings is 8. The van der Waals surface area contributed by atoms with E-state index < -0.39 is 0 Å². The van der Waals surface area contributed by atoms with Crippen molar-refractivity contribution in [3.05, 3.63) is 222 Å². The lowest BCUT2D eigenvalue weighted by Crippen LogP contribution is -2.01. The first-order valence-corrected chi connectivity index (χ1v) is 18.4. The normalized spacial score (nSPS) is 11.1. The molecule has 9 aromatic rings. The van der Waals surface area contributed by atoms with Gasteiger partial charge in [0.2, 0.25) is 0 Å². The summed E-state index contributed by atoms with van der Waals surface area (Å²) in [7, 11) is 0. The van der Waals surface area contributed by atoms with Crippen molar-refractivity contribution in [3.8, 4) is 56.4 Å². The zero-order valence-corrected chi connectivity index (χ0v) is 29.8. The molecule has 0 aliphatic carbocycles. The molecule has 0 saturated heterocycles. The monoisotopic (exact) mass is 691 g/mol. The third-order valence-corrected chi connectivity index (χ3v) is 10.1. The van der Waals surface area contributed by atoms with Gasteiger partial charge in [0.25, 0.3) is 0 Å². The molecule has 0 radical (unpaired) electrons. The Balaban J connectivity index is 1.16. The second kappa shape index (κ2) is 14.9. The first kappa shape index (κ1) is 32.9. The Hall–Kier alpha value is -6.97. The van der Waals surface area contributed by atoms with Crippen molar-refractivity contribution in [3.63, 3.8) is 0 Å². The summed E-state index contributed by atoms with van der Waals surface area (Å²) in [6.07, 6.45) is 1.69. The minimum Gasteiger partial charge on any atom is -0.208 e. The predicted octanol–water partition coefficient (Wildman–Crippen LogP) is 12.5. The molecular weight excluding hydrogens is 655 g/mol. The molecule has 0 unspecified atom stereocenters. The van der Waals surface area contributed by atoms with Crippen LogP contribution in [0.4, 0.5) is 0 Å². The van der Waals surface area contributed by atoms with Crippen LogP contribution >= 0.6 is 0 Å². The third kappa shape index (κ3) is 6.96. The van der Waals surface area contributed by atoms with Gasteiger partial charge >= 0.3 is 0 Å². The highest BCUT2D eigenvalue weighted by molar-refractivity contribution is 5.95. The van der Waals surface area contributed by atoms with Crippen LogP contribution in [0.25, 0.3) is 67.2 Å². The van der Waals surface area contributed by atoms with Crippen molar-refractivity contribution in [1.82, 2.24) is 15.0 Å². The molecular formula is C51H37N3. The average molecular weight is 692 g/mol. The summed E-state index contributed by atoms with van der Waals surface area (Å²) in [6.45, 7) is 0. The van der Waals surface area contributed by atoms with E-state index in [9.17, 15) is 0 Å². The van der Waals surface area contributed by atoms with E-state index >= 15 is 0 Å². The number of rotatable bonds is 9. The molecule has 256 valence electrons. The molecule has 0 atom stereocenters. The molecule has 0 amide bonds. The number of nitrogens with zero attached hydrogens (tertiary/aromatic N) is 3. The number of hydrogen-bond donors (Lipinski definition) is 0. The summed E-state index contributed by atoms with van der Waals surface area (Å²) in [5.74, 6) is 1.95. The lowest BCUT2D eigenvalue weighted by atomic mass is 9.87. The van der Waals surface area contributed by atoms with Crippen LogP contribution in [0.3, 0.4) is 0 Å². The highest BCUT2D eigenvalue weighted by Gasteiger charge is 2.17. The second-order valence-corrected chi connectivity index (χ2v) is 13.6. The quantitative estimate of drug-likeness (QED) is 0.151. The van der Waals surface area contributed by atoms with E-state index in [-0.39, 0.29) is 0 Å². The van der Waals surface area contributed by atoms with E-state index in [0.717, 1.165) is 40.5 Å². The Kier molecular flexibility index (Phi) is 9.11. The van der Waals surface area contributed by atoms with Crippen LogP contribution in [0.5, 0.6) is 0 Å². The second-order valence-electron chi connectivity index (χ2n) is 13.6. The fourth-order valence-electron chi connectivity index (χ4n) is 7.32. The topological polar surface area (TPSA) is 38.7 Å². The maximum absolute atomic E-state index is 5.09. The number of aromatic nitrogens is 3. The number of fused-ring (bicyclic) bond motifs is 1. The molecule has 0 fully saturated rings. The maximum Gasteiger partial charge on any atom is 0.164 e. The van der Waals surface area contributed by atoms with E-state index in [4.69, 9.17) is 15.0 Å². The minimum absolute atomic E-state index is 0.647. The maximum atomic E-state index is 5.09. The van der Waals surface area contributed by atoms with Crippen LogP contribution in [0.2, 0.25) is 0 Å². The predicted molar refractivity (Wildman–Crippen MR) is 223 cm³/mol. The van der Waals surface area contributed by atoms with Gasteiger partial charge in [-0.15, -0.1) is 0 Å². The highest BCUT2D eigenvalue weighted by Crippen LogP contribution is 2.37. The lowest BCUT2D eigenvalue weighted by molar-refractivity contribution is 1.07. The van der Waals surface area contributed by atoms with Crippen molar-refractivity contribution in [2.75, 3.05) is 0 Å². The Morgan fingerprint density at radius 2 is 0.778 bits per heavy atom. The summed E-state index contributed by atoms with van der Waals surface area (Å²) in [6, 6.07) is 70.6. The zero-order valence-electron chi connectivity index (χ0n) is 29.8. The first-order chi connectivity index (χ1) is 26.7. The van der Waals surface area contributed by atoms with E-state index in [1.165, 1.54) is 44.3 Å². The fourth-order valence-corrected chi connectivity index (χ4v) is 7.32. The van der Waals surface area contributed by atoms with Gasteiger partial charge in [0.1, 0.15) is 0 Å². The molecule has 0 N–H and O–H groups in total. The largest absolute Gasteiger partial charge is 0.208 e. The van der Waals surface area contributed by atoms with Gasteiger partial charge in [-0.25, -0.2) is 15.0 Å². The zero-order chi connectivity index (χ0) is 36.1.